The zero-order valence-electron chi connectivity index (χ0n) is 13.3. The van der Waals surface area contributed by atoms with Gasteiger partial charge in [0.05, 0.1) is 13.2 Å². The summed E-state index contributed by atoms with van der Waals surface area (Å²) in [5.74, 6) is -0.848. The van der Waals surface area contributed by atoms with Gasteiger partial charge in [-0.2, -0.15) is 0 Å². The van der Waals surface area contributed by atoms with Crippen LogP contribution in [0.3, 0.4) is 0 Å². The lowest BCUT2D eigenvalue weighted by Crippen LogP contribution is -2.13. The second-order valence-corrected chi connectivity index (χ2v) is 4.99. The van der Waals surface area contributed by atoms with Gasteiger partial charge in [0, 0.05) is 5.56 Å². The number of hydrogen-bond acceptors (Lipinski definition) is 5. The molecule has 1 heterocycles. The van der Waals surface area contributed by atoms with Crippen LogP contribution in [-0.2, 0) is 9.47 Å². The van der Waals surface area contributed by atoms with Crippen molar-refractivity contribution < 1.29 is 23.5 Å². The van der Waals surface area contributed by atoms with Gasteiger partial charge in [0.15, 0.2) is 0 Å². The van der Waals surface area contributed by atoms with E-state index in [4.69, 9.17) is 13.9 Å². The second-order valence-electron chi connectivity index (χ2n) is 4.99. The highest BCUT2D eigenvalue weighted by Crippen LogP contribution is 2.29. The van der Waals surface area contributed by atoms with E-state index in [1.54, 1.807) is 12.1 Å². The Bertz CT molecular complexity index is 657. The molecule has 1 aromatic carbocycles. The molecule has 0 fully saturated rings. The van der Waals surface area contributed by atoms with Crippen LogP contribution in [0.25, 0.3) is 11.3 Å². The molecule has 0 N–H and O–H groups in total. The van der Waals surface area contributed by atoms with Crippen molar-refractivity contribution >= 4 is 11.9 Å². The highest BCUT2D eigenvalue weighted by molar-refractivity contribution is 6.07. The van der Waals surface area contributed by atoms with Gasteiger partial charge in [0.1, 0.15) is 23.2 Å². The molecule has 0 saturated carbocycles. The lowest BCUT2D eigenvalue weighted by Gasteiger charge is -2.07. The van der Waals surface area contributed by atoms with E-state index in [9.17, 15) is 9.59 Å². The van der Waals surface area contributed by atoms with Crippen LogP contribution in [0.5, 0.6) is 0 Å². The molecule has 0 bridgehead atoms. The second kappa shape index (κ2) is 8.17. The van der Waals surface area contributed by atoms with Crippen LogP contribution in [0.15, 0.2) is 41.0 Å². The van der Waals surface area contributed by atoms with Crippen LogP contribution >= 0.6 is 0 Å². The number of carbonyl (C=O) groups is 2. The smallest absolute Gasteiger partial charge is 0.342 e. The van der Waals surface area contributed by atoms with E-state index < -0.39 is 11.9 Å². The van der Waals surface area contributed by atoms with Crippen LogP contribution in [0.2, 0.25) is 0 Å². The molecule has 2 aromatic rings. The average molecular weight is 316 g/mol. The van der Waals surface area contributed by atoms with Gasteiger partial charge in [-0.25, -0.2) is 9.59 Å². The van der Waals surface area contributed by atoms with Gasteiger partial charge >= 0.3 is 11.9 Å². The summed E-state index contributed by atoms with van der Waals surface area (Å²) in [7, 11) is 0. The monoisotopic (exact) mass is 316 g/mol. The van der Waals surface area contributed by atoms with Crippen molar-refractivity contribution in [1.29, 1.82) is 0 Å². The van der Waals surface area contributed by atoms with Gasteiger partial charge < -0.3 is 13.9 Å². The van der Waals surface area contributed by atoms with Gasteiger partial charge in [-0.1, -0.05) is 44.2 Å². The Labute approximate surface area is 135 Å². The molecule has 0 saturated heterocycles. The summed E-state index contributed by atoms with van der Waals surface area (Å²) in [5, 5.41) is 0. The van der Waals surface area contributed by atoms with E-state index in [1.807, 2.05) is 32.0 Å². The largest absolute Gasteiger partial charge is 0.462 e. The summed E-state index contributed by atoms with van der Waals surface area (Å²) in [5.41, 5.74) is 0.912. The Balaban J connectivity index is 2.41. The Hall–Kier alpha value is -2.56. The molecule has 0 unspecified atom stereocenters. The van der Waals surface area contributed by atoms with E-state index in [2.05, 4.69) is 0 Å². The van der Waals surface area contributed by atoms with Gasteiger partial charge in [-0.05, 0) is 12.8 Å². The van der Waals surface area contributed by atoms with Crippen molar-refractivity contribution in [2.45, 2.75) is 26.7 Å². The Morgan fingerprint density at radius 1 is 0.957 bits per heavy atom. The van der Waals surface area contributed by atoms with E-state index in [1.165, 1.54) is 6.26 Å². The van der Waals surface area contributed by atoms with Crippen molar-refractivity contribution in [2.75, 3.05) is 13.2 Å². The first-order valence-electron chi connectivity index (χ1n) is 7.70. The summed E-state index contributed by atoms with van der Waals surface area (Å²) in [6, 6.07) is 9.12. The van der Waals surface area contributed by atoms with Crippen molar-refractivity contribution in [2.24, 2.45) is 0 Å². The predicted octanol–water partition coefficient (Wildman–Crippen LogP) is 4.08. The lowest BCUT2D eigenvalue weighted by atomic mass is 10.1. The molecule has 0 aliphatic rings. The molecule has 0 atom stereocenters. The quantitative estimate of drug-likeness (QED) is 0.720. The third-order valence-corrected chi connectivity index (χ3v) is 3.13. The molecule has 2 rings (SSSR count). The number of ether oxygens (including phenoxy) is 2. The maximum Gasteiger partial charge on any atom is 0.342 e. The first-order chi connectivity index (χ1) is 11.2. The fraction of sp³-hybridized carbons (Fsp3) is 0.333. The number of furan rings is 1. The normalized spacial score (nSPS) is 10.3. The third kappa shape index (κ3) is 4.00. The molecule has 122 valence electrons. The minimum atomic E-state index is -0.582. The number of benzene rings is 1. The van der Waals surface area contributed by atoms with E-state index in [0.29, 0.717) is 24.2 Å². The molecule has 0 aliphatic carbocycles. The maximum atomic E-state index is 12.4. The maximum absolute atomic E-state index is 12.4. The van der Waals surface area contributed by atoms with Crippen molar-refractivity contribution in [3.05, 3.63) is 47.7 Å². The third-order valence-electron chi connectivity index (χ3n) is 3.13. The fourth-order valence-electron chi connectivity index (χ4n) is 2.05. The Morgan fingerprint density at radius 2 is 1.57 bits per heavy atom. The van der Waals surface area contributed by atoms with Gasteiger partial charge in [-0.15, -0.1) is 0 Å². The van der Waals surface area contributed by atoms with E-state index in [0.717, 1.165) is 0 Å². The first-order valence-corrected chi connectivity index (χ1v) is 7.70. The van der Waals surface area contributed by atoms with Crippen LogP contribution in [0.1, 0.15) is 47.4 Å². The molecule has 23 heavy (non-hydrogen) atoms. The topological polar surface area (TPSA) is 65.7 Å². The zero-order chi connectivity index (χ0) is 16.7. The molecule has 5 heteroatoms. The van der Waals surface area contributed by atoms with Gasteiger partial charge in [0.25, 0.3) is 0 Å². The van der Waals surface area contributed by atoms with Crippen LogP contribution < -0.4 is 0 Å². The van der Waals surface area contributed by atoms with Gasteiger partial charge in [-0.3, -0.25) is 0 Å². The Morgan fingerprint density at radius 3 is 2.17 bits per heavy atom. The lowest BCUT2D eigenvalue weighted by molar-refractivity contribution is 0.0460. The molecule has 1 aromatic heterocycles. The summed E-state index contributed by atoms with van der Waals surface area (Å²) in [6.07, 6.45) is 2.65. The minimum Gasteiger partial charge on any atom is -0.462 e. The van der Waals surface area contributed by atoms with Gasteiger partial charge in [0.2, 0.25) is 0 Å². The van der Waals surface area contributed by atoms with Crippen LogP contribution in [-0.4, -0.2) is 25.2 Å². The molecule has 0 aliphatic heterocycles. The number of esters is 2. The standard InChI is InChI=1S/C18H20O5/c1-3-10-21-17(19)14-12-23-16(13-8-6-5-7-9-13)15(14)18(20)22-11-4-2/h5-9,12H,3-4,10-11H2,1-2H3. The summed E-state index contributed by atoms with van der Waals surface area (Å²) in [4.78, 5) is 24.5. The SMILES string of the molecule is CCCOC(=O)c1coc(-c2ccccc2)c1C(=O)OCCC. The van der Waals surface area contributed by atoms with E-state index >= 15 is 0 Å². The predicted molar refractivity (Wildman–Crippen MR) is 85.3 cm³/mol. The van der Waals surface area contributed by atoms with Crippen molar-refractivity contribution in [3.8, 4) is 11.3 Å². The summed E-state index contributed by atoms with van der Waals surface area (Å²) < 4.78 is 15.8. The number of carbonyl (C=O) groups excluding carboxylic acids is 2. The molecule has 0 amide bonds. The zero-order valence-corrected chi connectivity index (χ0v) is 13.3. The van der Waals surface area contributed by atoms with Crippen molar-refractivity contribution in [3.63, 3.8) is 0 Å². The number of hydrogen-bond donors (Lipinski definition) is 0. The summed E-state index contributed by atoms with van der Waals surface area (Å²) in [6.45, 7) is 4.36. The van der Waals surface area contributed by atoms with Crippen LogP contribution in [0.4, 0.5) is 0 Å². The molecule has 0 radical (unpaired) electrons. The Kier molecular flexibility index (Phi) is 5.97. The number of rotatable bonds is 7. The van der Waals surface area contributed by atoms with Crippen LogP contribution in [0, 0.1) is 0 Å². The highest BCUT2D eigenvalue weighted by Gasteiger charge is 2.28. The highest BCUT2D eigenvalue weighted by atomic mass is 16.5. The summed E-state index contributed by atoms with van der Waals surface area (Å²) >= 11 is 0. The minimum absolute atomic E-state index is 0.0957. The van der Waals surface area contributed by atoms with Crippen molar-refractivity contribution in [1.82, 2.24) is 0 Å². The molecule has 5 nitrogen and oxygen atoms in total. The molecule has 0 spiro atoms. The van der Waals surface area contributed by atoms with E-state index in [-0.39, 0.29) is 24.3 Å². The molecular weight excluding hydrogens is 296 g/mol. The molecular formula is C18H20O5. The first kappa shape index (κ1) is 16.8. The fourth-order valence-corrected chi connectivity index (χ4v) is 2.05. The average Bonchev–Trinajstić information content (AvgIpc) is 3.03.